The van der Waals surface area contributed by atoms with E-state index in [1.54, 1.807) is 12.1 Å². The van der Waals surface area contributed by atoms with Crippen molar-refractivity contribution in [2.45, 2.75) is 32.2 Å². The monoisotopic (exact) mass is 308 g/mol. The van der Waals surface area contributed by atoms with E-state index >= 15 is 0 Å². The zero-order valence-electron chi connectivity index (χ0n) is 11.5. The highest BCUT2D eigenvalue weighted by Gasteiger charge is 2.26. The summed E-state index contributed by atoms with van der Waals surface area (Å²) >= 11 is 5.78. The largest absolute Gasteiger partial charge is 0.326 e. The van der Waals surface area contributed by atoms with Crippen molar-refractivity contribution in [1.29, 1.82) is 0 Å². The van der Waals surface area contributed by atoms with Crippen molar-refractivity contribution in [3.63, 3.8) is 0 Å². The van der Waals surface area contributed by atoms with E-state index in [-0.39, 0.29) is 23.4 Å². The molecule has 0 heterocycles. The summed E-state index contributed by atoms with van der Waals surface area (Å²) in [6.07, 6.45) is -2.43. The predicted molar refractivity (Wildman–Crippen MR) is 75.8 cm³/mol. The van der Waals surface area contributed by atoms with Gasteiger partial charge in [-0.25, -0.2) is 13.2 Å². The quantitative estimate of drug-likeness (QED) is 0.810. The molecule has 0 amide bonds. The van der Waals surface area contributed by atoms with Crippen LogP contribution in [0.1, 0.15) is 25.3 Å². The van der Waals surface area contributed by atoms with Crippen molar-refractivity contribution in [2.75, 3.05) is 13.1 Å². The second-order valence-electron chi connectivity index (χ2n) is 5.13. The van der Waals surface area contributed by atoms with Gasteiger partial charge in [0.2, 0.25) is 0 Å². The summed E-state index contributed by atoms with van der Waals surface area (Å²) < 4.78 is 38.3. The van der Waals surface area contributed by atoms with Crippen LogP contribution in [0.3, 0.4) is 0 Å². The van der Waals surface area contributed by atoms with Crippen molar-refractivity contribution in [2.24, 2.45) is 11.7 Å². The van der Waals surface area contributed by atoms with Crippen LogP contribution in [0.2, 0.25) is 5.02 Å². The second-order valence-corrected chi connectivity index (χ2v) is 5.53. The smallest absolute Gasteiger partial charge is 0.250 e. The second kappa shape index (κ2) is 7.86. The van der Waals surface area contributed by atoms with Crippen LogP contribution < -0.4 is 11.1 Å². The molecule has 0 aliphatic heterocycles. The van der Waals surface area contributed by atoms with E-state index < -0.39 is 24.8 Å². The van der Waals surface area contributed by atoms with Crippen LogP contribution in [-0.2, 0) is 0 Å². The molecule has 0 saturated heterocycles. The van der Waals surface area contributed by atoms with Crippen LogP contribution in [0.15, 0.2) is 18.2 Å². The number of hydrogen-bond donors (Lipinski definition) is 2. The molecule has 0 fully saturated rings. The molecule has 6 heteroatoms. The number of halogens is 4. The van der Waals surface area contributed by atoms with Gasteiger partial charge in [-0.2, -0.15) is 0 Å². The molecule has 0 aliphatic rings. The minimum Gasteiger partial charge on any atom is -0.326 e. The molecule has 0 saturated carbocycles. The average Bonchev–Trinajstić information content (AvgIpc) is 2.34. The Balaban J connectivity index is 2.85. The van der Waals surface area contributed by atoms with Crippen LogP contribution in [0.25, 0.3) is 0 Å². The molecule has 0 aliphatic carbocycles. The first-order valence-corrected chi connectivity index (χ1v) is 6.90. The van der Waals surface area contributed by atoms with Gasteiger partial charge >= 0.3 is 0 Å². The number of nitrogens with two attached hydrogens (primary N) is 1. The Kier molecular flexibility index (Phi) is 6.79. The van der Waals surface area contributed by atoms with Gasteiger partial charge in [-0.05, 0) is 17.5 Å². The summed E-state index contributed by atoms with van der Waals surface area (Å²) in [7, 11) is 0. The van der Waals surface area contributed by atoms with Gasteiger partial charge < -0.3 is 11.1 Å². The van der Waals surface area contributed by atoms with Gasteiger partial charge in [-0.15, -0.1) is 0 Å². The maximum absolute atomic E-state index is 14.1. The summed E-state index contributed by atoms with van der Waals surface area (Å²) in [5.41, 5.74) is 6.47. The van der Waals surface area contributed by atoms with E-state index in [9.17, 15) is 13.2 Å². The van der Waals surface area contributed by atoms with Crippen LogP contribution in [0.4, 0.5) is 13.2 Å². The summed E-state index contributed by atoms with van der Waals surface area (Å²) in [4.78, 5) is 0. The van der Waals surface area contributed by atoms with E-state index in [2.05, 4.69) is 5.32 Å². The van der Waals surface area contributed by atoms with E-state index in [4.69, 9.17) is 17.3 Å². The lowest BCUT2D eigenvalue weighted by Crippen LogP contribution is -2.42. The molecule has 20 heavy (non-hydrogen) atoms. The number of rotatable bonds is 7. The third kappa shape index (κ3) is 4.65. The fourth-order valence-corrected chi connectivity index (χ4v) is 2.53. The van der Waals surface area contributed by atoms with Crippen molar-refractivity contribution in [3.8, 4) is 0 Å². The topological polar surface area (TPSA) is 38.0 Å². The van der Waals surface area contributed by atoms with Gasteiger partial charge in [0, 0.05) is 18.5 Å². The van der Waals surface area contributed by atoms with Crippen LogP contribution in [-0.4, -0.2) is 25.6 Å². The number of benzene rings is 1. The van der Waals surface area contributed by atoms with E-state index in [0.717, 1.165) is 0 Å². The molecule has 114 valence electrons. The zero-order chi connectivity index (χ0) is 15.3. The van der Waals surface area contributed by atoms with E-state index in [1.807, 2.05) is 13.8 Å². The molecular weight excluding hydrogens is 289 g/mol. The lowest BCUT2D eigenvalue weighted by Gasteiger charge is -2.28. The van der Waals surface area contributed by atoms with E-state index in [0.29, 0.717) is 5.56 Å². The first-order valence-electron chi connectivity index (χ1n) is 6.53. The van der Waals surface area contributed by atoms with Gasteiger partial charge in [-0.3, -0.25) is 0 Å². The molecule has 0 aromatic heterocycles. The molecule has 1 rings (SSSR count). The van der Waals surface area contributed by atoms with Gasteiger partial charge in [0.05, 0.1) is 11.6 Å². The van der Waals surface area contributed by atoms with Gasteiger partial charge in [0.25, 0.3) is 6.43 Å². The van der Waals surface area contributed by atoms with Gasteiger partial charge in [0.1, 0.15) is 5.82 Å². The van der Waals surface area contributed by atoms with Crippen molar-refractivity contribution in [1.82, 2.24) is 5.32 Å². The third-order valence-corrected chi connectivity index (χ3v) is 3.49. The Labute approximate surface area is 122 Å². The molecule has 1 aromatic rings. The number of hydrogen-bond acceptors (Lipinski definition) is 2. The number of nitrogens with one attached hydrogen (secondary N) is 1. The Morgan fingerprint density at radius 2 is 1.90 bits per heavy atom. The molecular formula is C14H20ClF3N2. The lowest BCUT2D eigenvalue weighted by atomic mass is 9.82. The third-order valence-electron chi connectivity index (χ3n) is 3.20. The molecule has 1 aromatic carbocycles. The van der Waals surface area contributed by atoms with Crippen molar-refractivity contribution in [3.05, 3.63) is 34.6 Å². The maximum Gasteiger partial charge on any atom is 0.250 e. The molecule has 0 bridgehead atoms. The first-order chi connectivity index (χ1) is 9.34. The van der Waals surface area contributed by atoms with Crippen LogP contribution in [0.5, 0.6) is 0 Å². The molecule has 0 spiro atoms. The molecule has 2 atom stereocenters. The zero-order valence-corrected chi connectivity index (χ0v) is 12.3. The SMILES string of the molecule is CC(C)C(c1cccc(Cl)c1F)C(N)CNCC(F)F. The molecule has 2 unspecified atom stereocenters. The normalized spacial score (nSPS) is 14.8. The summed E-state index contributed by atoms with van der Waals surface area (Å²) in [6, 6.07) is 4.30. The van der Waals surface area contributed by atoms with Gasteiger partial charge in [-0.1, -0.05) is 37.6 Å². The Morgan fingerprint density at radius 1 is 1.25 bits per heavy atom. The van der Waals surface area contributed by atoms with Gasteiger partial charge in [0.15, 0.2) is 0 Å². The standard InChI is InChI=1S/C14H20ClF3N2/c1-8(2)13(11(19)6-20-7-12(16)17)9-4-3-5-10(15)14(9)18/h3-5,8,11-13,20H,6-7,19H2,1-2H3. The van der Waals surface area contributed by atoms with E-state index in [1.165, 1.54) is 6.07 Å². The fraction of sp³-hybridized carbons (Fsp3) is 0.571. The molecule has 3 N–H and O–H groups in total. The molecule has 0 radical (unpaired) electrons. The first kappa shape index (κ1) is 17.3. The summed E-state index contributed by atoms with van der Waals surface area (Å²) in [5.74, 6) is -0.720. The minimum absolute atomic E-state index is 0.0425. The maximum atomic E-state index is 14.1. The fourth-order valence-electron chi connectivity index (χ4n) is 2.35. The highest BCUT2D eigenvalue weighted by atomic mass is 35.5. The lowest BCUT2D eigenvalue weighted by molar-refractivity contribution is 0.144. The van der Waals surface area contributed by atoms with Crippen LogP contribution in [0, 0.1) is 11.7 Å². The van der Waals surface area contributed by atoms with Crippen LogP contribution >= 0.6 is 11.6 Å². The molecule has 2 nitrogen and oxygen atoms in total. The Bertz CT molecular complexity index is 427. The summed E-state index contributed by atoms with van der Waals surface area (Å²) in [6.45, 7) is 3.60. The number of alkyl halides is 2. The highest BCUT2D eigenvalue weighted by molar-refractivity contribution is 6.30. The average molecular weight is 309 g/mol. The van der Waals surface area contributed by atoms with Crippen molar-refractivity contribution < 1.29 is 13.2 Å². The predicted octanol–water partition coefficient (Wildman–Crippen LogP) is 3.40. The highest BCUT2D eigenvalue weighted by Crippen LogP contribution is 2.31. The Morgan fingerprint density at radius 3 is 2.45 bits per heavy atom. The Hall–Kier alpha value is -0.780. The van der Waals surface area contributed by atoms with Crippen molar-refractivity contribution >= 4 is 11.6 Å². The minimum atomic E-state index is -2.43. The summed E-state index contributed by atoms with van der Waals surface area (Å²) in [5, 5.41) is 2.64.